The monoisotopic (exact) mass is 140 g/mol. The van der Waals surface area contributed by atoms with Gasteiger partial charge in [-0.15, -0.1) is 0 Å². The molecule has 3 nitrogen and oxygen atoms in total. The topological polar surface area (TPSA) is 46.3 Å². The van der Waals surface area contributed by atoms with Gasteiger partial charge in [0.05, 0.1) is 6.04 Å². The van der Waals surface area contributed by atoms with Crippen LogP contribution in [0.4, 0.5) is 0 Å². The first kappa shape index (κ1) is 6.16. The van der Waals surface area contributed by atoms with E-state index in [-0.39, 0.29) is 11.9 Å². The van der Waals surface area contributed by atoms with Crippen molar-refractivity contribution in [3.63, 3.8) is 0 Å². The quantitative estimate of drug-likeness (QED) is 0.502. The number of carbonyl (C=O) groups excluding carboxylic acids is 1. The zero-order valence-corrected chi connectivity index (χ0v) is 5.92. The highest BCUT2D eigenvalue weighted by Crippen LogP contribution is 2.27. The molecule has 0 spiro atoms. The summed E-state index contributed by atoms with van der Waals surface area (Å²) in [6.07, 6.45) is 3.22. The van der Waals surface area contributed by atoms with E-state index < -0.39 is 0 Å². The maximum Gasteiger partial charge on any atom is 0.239 e. The minimum Gasteiger partial charge on any atom is -0.338 e. The molecule has 3 heteroatoms. The van der Waals surface area contributed by atoms with Gasteiger partial charge >= 0.3 is 0 Å². The molecule has 0 unspecified atom stereocenters. The summed E-state index contributed by atoms with van der Waals surface area (Å²) in [7, 11) is 0. The van der Waals surface area contributed by atoms with Crippen LogP contribution in [0.1, 0.15) is 19.3 Å². The summed E-state index contributed by atoms with van der Waals surface area (Å²) in [6, 6.07) is 0.299. The molecule has 0 radical (unpaired) electrons. The molecule has 2 heterocycles. The first-order valence-corrected chi connectivity index (χ1v) is 3.85. The predicted molar refractivity (Wildman–Crippen MR) is 37.3 cm³/mol. The standard InChI is InChI=1S/C7H12N2O/c8-6-4-5-2-1-3-9(5)7(6)10/h5-6H,1-4,8H2/t5-,6-/m1/s1. The van der Waals surface area contributed by atoms with Crippen molar-refractivity contribution in [1.29, 1.82) is 0 Å². The van der Waals surface area contributed by atoms with Crippen molar-refractivity contribution in [3.05, 3.63) is 0 Å². The molecule has 2 aliphatic rings. The van der Waals surface area contributed by atoms with Gasteiger partial charge in [-0.05, 0) is 19.3 Å². The van der Waals surface area contributed by atoms with E-state index in [2.05, 4.69) is 0 Å². The fourth-order valence-electron chi connectivity index (χ4n) is 1.98. The molecular weight excluding hydrogens is 128 g/mol. The minimum atomic E-state index is -0.190. The van der Waals surface area contributed by atoms with Crippen LogP contribution in [0.25, 0.3) is 0 Å². The average Bonchev–Trinajstić information content (AvgIpc) is 2.41. The number of rotatable bonds is 0. The van der Waals surface area contributed by atoms with Gasteiger partial charge in [0.2, 0.25) is 5.91 Å². The van der Waals surface area contributed by atoms with Crippen LogP contribution in [0.5, 0.6) is 0 Å². The second-order valence-corrected chi connectivity index (χ2v) is 3.17. The fourth-order valence-corrected chi connectivity index (χ4v) is 1.98. The number of hydrogen-bond acceptors (Lipinski definition) is 2. The number of amides is 1. The molecule has 0 saturated carbocycles. The molecule has 10 heavy (non-hydrogen) atoms. The van der Waals surface area contributed by atoms with Crippen LogP contribution in [-0.2, 0) is 4.79 Å². The fraction of sp³-hybridized carbons (Fsp3) is 0.857. The lowest BCUT2D eigenvalue weighted by atomic mass is 10.1. The molecule has 56 valence electrons. The van der Waals surface area contributed by atoms with Gasteiger partial charge in [0.1, 0.15) is 0 Å². The summed E-state index contributed by atoms with van der Waals surface area (Å²) in [4.78, 5) is 13.1. The van der Waals surface area contributed by atoms with E-state index in [1.165, 1.54) is 12.8 Å². The largest absolute Gasteiger partial charge is 0.338 e. The summed E-state index contributed by atoms with van der Waals surface area (Å²) >= 11 is 0. The lowest BCUT2D eigenvalue weighted by molar-refractivity contribution is -0.128. The van der Waals surface area contributed by atoms with Gasteiger partial charge in [-0.1, -0.05) is 0 Å². The van der Waals surface area contributed by atoms with Gasteiger partial charge in [-0.25, -0.2) is 0 Å². The molecule has 1 amide bonds. The Bertz CT molecular complexity index is 169. The Morgan fingerprint density at radius 1 is 1.60 bits per heavy atom. The molecule has 0 aromatic heterocycles. The van der Waals surface area contributed by atoms with Crippen molar-refractivity contribution in [1.82, 2.24) is 4.90 Å². The van der Waals surface area contributed by atoms with Gasteiger partial charge in [-0.2, -0.15) is 0 Å². The Kier molecular flexibility index (Phi) is 1.20. The third-order valence-corrected chi connectivity index (χ3v) is 2.50. The highest BCUT2D eigenvalue weighted by atomic mass is 16.2. The smallest absolute Gasteiger partial charge is 0.239 e. The molecule has 0 bridgehead atoms. The van der Waals surface area contributed by atoms with Crippen molar-refractivity contribution in [2.24, 2.45) is 5.73 Å². The highest BCUT2D eigenvalue weighted by molar-refractivity contribution is 5.84. The number of fused-ring (bicyclic) bond motifs is 1. The Morgan fingerprint density at radius 3 is 3.10 bits per heavy atom. The van der Waals surface area contributed by atoms with Crippen molar-refractivity contribution in [2.45, 2.75) is 31.3 Å². The molecule has 2 rings (SSSR count). The van der Waals surface area contributed by atoms with E-state index >= 15 is 0 Å². The predicted octanol–water partition coefficient (Wildman–Crippen LogP) is -0.292. The summed E-state index contributed by atoms with van der Waals surface area (Å²) in [5.41, 5.74) is 5.58. The van der Waals surface area contributed by atoms with Gasteiger partial charge in [0.25, 0.3) is 0 Å². The second kappa shape index (κ2) is 1.95. The molecular formula is C7H12N2O. The second-order valence-electron chi connectivity index (χ2n) is 3.17. The van der Waals surface area contributed by atoms with Crippen molar-refractivity contribution in [2.75, 3.05) is 6.54 Å². The van der Waals surface area contributed by atoms with Gasteiger partial charge < -0.3 is 10.6 Å². The van der Waals surface area contributed by atoms with E-state index in [1.807, 2.05) is 4.90 Å². The van der Waals surface area contributed by atoms with Crippen LogP contribution in [0.2, 0.25) is 0 Å². The van der Waals surface area contributed by atoms with Crippen LogP contribution in [-0.4, -0.2) is 29.4 Å². The average molecular weight is 140 g/mol. The first-order valence-electron chi connectivity index (χ1n) is 3.85. The molecule has 2 atom stereocenters. The van der Waals surface area contributed by atoms with Gasteiger partial charge in [-0.3, -0.25) is 4.79 Å². The van der Waals surface area contributed by atoms with Crippen LogP contribution in [0.3, 0.4) is 0 Å². The van der Waals surface area contributed by atoms with Gasteiger partial charge in [0.15, 0.2) is 0 Å². The van der Waals surface area contributed by atoms with Gasteiger partial charge in [0, 0.05) is 12.6 Å². The normalized spacial score (nSPS) is 38.9. The summed E-state index contributed by atoms with van der Waals surface area (Å²) in [5.74, 6) is 0.169. The summed E-state index contributed by atoms with van der Waals surface area (Å²) < 4.78 is 0. The van der Waals surface area contributed by atoms with E-state index in [0.717, 1.165) is 13.0 Å². The van der Waals surface area contributed by atoms with Crippen LogP contribution >= 0.6 is 0 Å². The third kappa shape index (κ3) is 0.669. The number of nitrogens with two attached hydrogens (primary N) is 1. The Labute approximate surface area is 60.2 Å². The van der Waals surface area contributed by atoms with Crippen LogP contribution in [0, 0.1) is 0 Å². The van der Waals surface area contributed by atoms with Crippen LogP contribution in [0.15, 0.2) is 0 Å². The van der Waals surface area contributed by atoms with E-state index in [4.69, 9.17) is 5.73 Å². The summed E-state index contributed by atoms with van der Waals surface area (Å²) in [5, 5.41) is 0. The first-order chi connectivity index (χ1) is 4.79. The Morgan fingerprint density at radius 2 is 2.40 bits per heavy atom. The lowest BCUT2D eigenvalue weighted by Crippen LogP contribution is -2.33. The number of nitrogens with zero attached hydrogens (tertiary/aromatic N) is 1. The van der Waals surface area contributed by atoms with E-state index in [1.54, 1.807) is 0 Å². The maximum absolute atomic E-state index is 11.2. The Hall–Kier alpha value is -0.570. The molecule has 2 aliphatic heterocycles. The van der Waals surface area contributed by atoms with Crippen molar-refractivity contribution < 1.29 is 4.79 Å². The number of carbonyl (C=O) groups is 1. The zero-order valence-electron chi connectivity index (χ0n) is 5.92. The molecule has 0 aromatic rings. The third-order valence-electron chi connectivity index (χ3n) is 2.50. The van der Waals surface area contributed by atoms with E-state index in [0.29, 0.717) is 6.04 Å². The van der Waals surface area contributed by atoms with Crippen LogP contribution < -0.4 is 5.73 Å². The highest BCUT2D eigenvalue weighted by Gasteiger charge is 2.39. The SMILES string of the molecule is N[C@@H]1C[C@H]2CCCN2C1=O. The maximum atomic E-state index is 11.2. The van der Waals surface area contributed by atoms with Crippen molar-refractivity contribution in [3.8, 4) is 0 Å². The van der Waals surface area contributed by atoms with E-state index in [9.17, 15) is 4.79 Å². The molecule has 0 aromatic carbocycles. The lowest BCUT2D eigenvalue weighted by Gasteiger charge is -2.13. The molecule has 2 N–H and O–H groups in total. The molecule has 0 aliphatic carbocycles. The zero-order chi connectivity index (χ0) is 7.14. The Balaban J connectivity index is 2.17. The molecule has 2 fully saturated rings. The molecule has 2 saturated heterocycles. The number of hydrogen-bond donors (Lipinski definition) is 1. The summed E-state index contributed by atoms with van der Waals surface area (Å²) in [6.45, 7) is 0.942. The minimum absolute atomic E-state index is 0.169. The van der Waals surface area contributed by atoms with Crippen molar-refractivity contribution >= 4 is 5.91 Å².